The molecular weight excluding hydrogens is 326 g/mol. The highest BCUT2D eigenvalue weighted by Crippen LogP contribution is 2.55. The van der Waals surface area contributed by atoms with Crippen molar-refractivity contribution in [3.8, 4) is 11.5 Å². The van der Waals surface area contributed by atoms with Gasteiger partial charge in [-0.05, 0) is 80.4 Å². The van der Waals surface area contributed by atoms with Crippen LogP contribution in [-0.4, -0.2) is 25.2 Å². The maximum atomic E-state index is 12.6. The molecule has 1 aromatic rings. The Morgan fingerprint density at radius 2 is 1.85 bits per heavy atom. The van der Waals surface area contributed by atoms with Gasteiger partial charge in [0, 0.05) is 5.54 Å². The third kappa shape index (κ3) is 3.46. The zero-order chi connectivity index (χ0) is 18.1. The molecule has 4 heteroatoms. The number of carbonyl (C=O) groups excluding carboxylic acids is 1. The van der Waals surface area contributed by atoms with Crippen LogP contribution in [0.25, 0.3) is 0 Å². The van der Waals surface area contributed by atoms with Gasteiger partial charge in [0.25, 0.3) is 5.91 Å². The highest BCUT2D eigenvalue weighted by atomic mass is 16.5. The van der Waals surface area contributed by atoms with Crippen molar-refractivity contribution in [1.29, 1.82) is 0 Å². The quantitative estimate of drug-likeness (QED) is 0.755. The van der Waals surface area contributed by atoms with E-state index in [4.69, 9.17) is 9.47 Å². The Hall–Kier alpha value is -1.97. The molecule has 4 aliphatic carbocycles. The molecule has 0 radical (unpaired) electrons. The van der Waals surface area contributed by atoms with E-state index < -0.39 is 0 Å². The minimum absolute atomic E-state index is 0.0100. The van der Waals surface area contributed by atoms with Crippen LogP contribution in [0.15, 0.2) is 30.9 Å². The molecule has 0 unspecified atom stereocenters. The van der Waals surface area contributed by atoms with E-state index in [0.717, 1.165) is 49.0 Å². The number of hydrogen-bond donors (Lipinski definition) is 1. The molecule has 0 atom stereocenters. The van der Waals surface area contributed by atoms with Crippen LogP contribution < -0.4 is 14.8 Å². The maximum absolute atomic E-state index is 12.6. The molecule has 26 heavy (non-hydrogen) atoms. The van der Waals surface area contributed by atoms with E-state index in [1.807, 2.05) is 24.3 Å². The van der Waals surface area contributed by atoms with Crippen molar-refractivity contribution >= 4 is 5.91 Å². The van der Waals surface area contributed by atoms with E-state index in [2.05, 4.69) is 11.9 Å². The molecular formula is C22H29NO3. The van der Waals surface area contributed by atoms with Gasteiger partial charge in [0.05, 0.1) is 7.11 Å². The summed E-state index contributed by atoms with van der Waals surface area (Å²) >= 11 is 0. The van der Waals surface area contributed by atoms with Crippen molar-refractivity contribution in [2.24, 2.45) is 17.8 Å². The number of hydrogen-bond acceptors (Lipinski definition) is 3. The van der Waals surface area contributed by atoms with Crippen LogP contribution >= 0.6 is 0 Å². The third-order valence-corrected chi connectivity index (χ3v) is 6.41. The Labute approximate surface area is 156 Å². The first kappa shape index (κ1) is 17.4. The molecule has 0 spiro atoms. The van der Waals surface area contributed by atoms with E-state index in [-0.39, 0.29) is 18.1 Å². The fraction of sp³-hybridized carbons (Fsp3) is 0.591. The average molecular weight is 355 g/mol. The van der Waals surface area contributed by atoms with E-state index in [0.29, 0.717) is 11.5 Å². The highest BCUT2D eigenvalue weighted by Gasteiger charge is 2.51. The van der Waals surface area contributed by atoms with Gasteiger partial charge in [0.1, 0.15) is 0 Å². The minimum Gasteiger partial charge on any atom is -0.493 e. The molecule has 0 aromatic heterocycles. The maximum Gasteiger partial charge on any atom is 0.258 e. The monoisotopic (exact) mass is 355 g/mol. The summed E-state index contributed by atoms with van der Waals surface area (Å²) in [4.78, 5) is 12.6. The predicted molar refractivity (Wildman–Crippen MR) is 101 cm³/mol. The Bertz CT molecular complexity index is 661. The molecule has 1 amide bonds. The molecule has 4 fully saturated rings. The molecule has 0 aliphatic heterocycles. The lowest BCUT2D eigenvalue weighted by atomic mass is 9.53. The third-order valence-electron chi connectivity index (χ3n) is 6.41. The van der Waals surface area contributed by atoms with E-state index in [1.54, 1.807) is 7.11 Å². The molecule has 1 aromatic carbocycles. The number of methoxy groups -OCH3 is 1. The van der Waals surface area contributed by atoms with Crippen LogP contribution in [-0.2, 0) is 11.2 Å². The topological polar surface area (TPSA) is 47.6 Å². The van der Waals surface area contributed by atoms with Crippen LogP contribution in [0.3, 0.4) is 0 Å². The van der Waals surface area contributed by atoms with Crippen molar-refractivity contribution in [3.63, 3.8) is 0 Å². The highest BCUT2D eigenvalue weighted by molar-refractivity contribution is 5.78. The van der Waals surface area contributed by atoms with Crippen molar-refractivity contribution in [3.05, 3.63) is 36.4 Å². The lowest BCUT2D eigenvalue weighted by molar-refractivity contribution is -0.128. The zero-order valence-corrected chi connectivity index (χ0v) is 15.6. The summed E-state index contributed by atoms with van der Waals surface area (Å²) in [5.41, 5.74) is 1.15. The summed E-state index contributed by atoms with van der Waals surface area (Å²) in [5.74, 6) is 3.72. The van der Waals surface area contributed by atoms with Gasteiger partial charge in [-0.2, -0.15) is 0 Å². The molecule has 4 nitrogen and oxygen atoms in total. The van der Waals surface area contributed by atoms with Gasteiger partial charge in [-0.15, -0.1) is 6.58 Å². The Balaban J connectivity index is 1.36. The number of allylic oxidation sites excluding steroid dienone is 1. The molecule has 140 valence electrons. The van der Waals surface area contributed by atoms with Crippen LogP contribution in [0.5, 0.6) is 11.5 Å². The molecule has 0 heterocycles. The number of carbonyl (C=O) groups is 1. The lowest BCUT2D eigenvalue weighted by Gasteiger charge is -2.56. The first-order chi connectivity index (χ1) is 12.6. The van der Waals surface area contributed by atoms with Gasteiger partial charge in [0.2, 0.25) is 0 Å². The fourth-order valence-electron chi connectivity index (χ4n) is 5.86. The second-order valence-corrected chi connectivity index (χ2v) is 8.51. The summed E-state index contributed by atoms with van der Waals surface area (Å²) in [5, 5.41) is 3.35. The normalized spacial score (nSPS) is 31.5. The largest absolute Gasteiger partial charge is 0.493 e. The summed E-state index contributed by atoms with van der Waals surface area (Å²) in [6, 6.07) is 5.79. The first-order valence-electron chi connectivity index (χ1n) is 9.81. The van der Waals surface area contributed by atoms with Crippen molar-refractivity contribution in [2.45, 2.75) is 50.5 Å². The SMILES string of the molecule is C=CCc1ccc(OCC(=O)NC23CC4CC(CC(C4)C2)C3)c(OC)c1. The number of nitrogens with one attached hydrogen (secondary N) is 1. The van der Waals surface area contributed by atoms with Gasteiger partial charge in [-0.25, -0.2) is 0 Å². The first-order valence-corrected chi connectivity index (χ1v) is 9.81. The Morgan fingerprint density at radius 3 is 2.42 bits per heavy atom. The van der Waals surface area contributed by atoms with Crippen molar-refractivity contribution in [1.82, 2.24) is 5.32 Å². The van der Waals surface area contributed by atoms with Gasteiger partial charge in [-0.1, -0.05) is 12.1 Å². The smallest absolute Gasteiger partial charge is 0.258 e. The second kappa shape index (κ2) is 6.98. The minimum atomic E-state index is -0.0100. The molecule has 4 aliphatic rings. The molecule has 4 bridgehead atoms. The van der Waals surface area contributed by atoms with Gasteiger partial charge < -0.3 is 14.8 Å². The Morgan fingerprint density at radius 1 is 1.19 bits per heavy atom. The molecule has 5 rings (SSSR count). The summed E-state index contributed by atoms with van der Waals surface area (Å²) in [7, 11) is 1.62. The number of amides is 1. The fourth-order valence-corrected chi connectivity index (χ4v) is 5.86. The van der Waals surface area contributed by atoms with Gasteiger partial charge in [0.15, 0.2) is 18.1 Å². The molecule has 0 saturated heterocycles. The molecule has 1 N–H and O–H groups in total. The number of rotatable bonds is 7. The van der Waals surface area contributed by atoms with Crippen LogP contribution in [0.4, 0.5) is 0 Å². The summed E-state index contributed by atoms with van der Waals surface area (Å²) in [6.07, 6.45) is 10.2. The van der Waals surface area contributed by atoms with Crippen molar-refractivity contribution in [2.75, 3.05) is 13.7 Å². The number of benzene rings is 1. The second-order valence-electron chi connectivity index (χ2n) is 8.51. The summed E-state index contributed by atoms with van der Waals surface area (Å²) < 4.78 is 11.2. The van der Waals surface area contributed by atoms with Gasteiger partial charge >= 0.3 is 0 Å². The Kier molecular flexibility index (Phi) is 4.68. The van der Waals surface area contributed by atoms with Crippen LogP contribution in [0, 0.1) is 17.8 Å². The average Bonchev–Trinajstić information content (AvgIpc) is 2.59. The molecule has 4 saturated carbocycles. The van der Waals surface area contributed by atoms with Gasteiger partial charge in [-0.3, -0.25) is 4.79 Å². The lowest BCUT2D eigenvalue weighted by Crippen LogP contribution is -2.60. The summed E-state index contributed by atoms with van der Waals surface area (Å²) in [6.45, 7) is 3.80. The van der Waals surface area contributed by atoms with Crippen LogP contribution in [0.2, 0.25) is 0 Å². The standard InChI is InChI=1S/C22H29NO3/c1-3-4-15-5-6-19(20(10-15)25-2)26-14-21(24)23-22-11-16-7-17(12-22)9-18(8-16)13-22/h3,5-6,10,16-18H,1,4,7-9,11-14H2,2H3,(H,23,24). The predicted octanol–water partition coefficient (Wildman–Crippen LogP) is 3.89. The van der Waals surface area contributed by atoms with E-state index >= 15 is 0 Å². The number of ether oxygens (including phenoxy) is 2. The van der Waals surface area contributed by atoms with E-state index in [1.165, 1.54) is 19.3 Å². The zero-order valence-electron chi connectivity index (χ0n) is 15.6. The van der Waals surface area contributed by atoms with E-state index in [9.17, 15) is 4.79 Å². The van der Waals surface area contributed by atoms with Crippen LogP contribution in [0.1, 0.15) is 44.1 Å². The van der Waals surface area contributed by atoms with Crippen molar-refractivity contribution < 1.29 is 14.3 Å².